The second-order valence-electron chi connectivity index (χ2n) is 7.80. The summed E-state index contributed by atoms with van der Waals surface area (Å²) >= 11 is 0. The summed E-state index contributed by atoms with van der Waals surface area (Å²) in [4.78, 5) is 12.3. The first-order valence-corrected chi connectivity index (χ1v) is 10.0. The van der Waals surface area contributed by atoms with Gasteiger partial charge < -0.3 is 19.2 Å². The molecule has 1 N–H and O–H groups in total. The van der Waals surface area contributed by atoms with Crippen LogP contribution in [-0.2, 0) is 4.79 Å². The molecule has 1 heterocycles. The molecule has 0 saturated carbocycles. The van der Waals surface area contributed by atoms with Crippen LogP contribution in [-0.4, -0.2) is 26.7 Å². The van der Waals surface area contributed by atoms with E-state index in [4.69, 9.17) is 13.9 Å². The molecule has 5 nitrogen and oxygen atoms in total. The lowest BCUT2D eigenvalue weighted by molar-refractivity contribution is -0.116. The lowest BCUT2D eigenvalue weighted by atomic mass is 9.96. The van der Waals surface area contributed by atoms with Crippen LogP contribution in [0, 0.1) is 12.8 Å². The summed E-state index contributed by atoms with van der Waals surface area (Å²) in [5, 5.41) is 3.90. The third-order valence-electron chi connectivity index (χ3n) is 5.11. The summed E-state index contributed by atoms with van der Waals surface area (Å²) < 4.78 is 16.8. The zero-order chi connectivity index (χ0) is 21.8. The number of benzene rings is 2. The van der Waals surface area contributed by atoms with Crippen LogP contribution in [0.15, 0.2) is 47.1 Å². The molecule has 0 unspecified atom stereocenters. The molecule has 0 atom stereocenters. The van der Waals surface area contributed by atoms with Crippen molar-refractivity contribution in [3.05, 3.63) is 53.8 Å². The molecule has 3 rings (SSSR count). The van der Waals surface area contributed by atoms with Crippen molar-refractivity contribution < 1.29 is 18.7 Å². The fraction of sp³-hybridized carbons (Fsp3) is 0.320. The first kappa shape index (κ1) is 21.5. The average molecular weight is 408 g/mol. The minimum Gasteiger partial charge on any atom is -0.497 e. The van der Waals surface area contributed by atoms with E-state index in [1.807, 2.05) is 44.2 Å². The molecular weight excluding hydrogens is 378 g/mol. The monoisotopic (exact) mass is 407 g/mol. The van der Waals surface area contributed by atoms with Crippen LogP contribution in [0.3, 0.4) is 0 Å². The molecule has 158 valence electrons. The molecule has 0 aliphatic heterocycles. The third kappa shape index (κ3) is 4.35. The number of furan rings is 1. The first-order valence-electron chi connectivity index (χ1n) is 10.0. The van der Waals surface area contributed by atoms with Crippen LogP contribution in [0.4, 0.5) is 0 Å². The molecule has 30 heavy (non-hydrogen) atoms. The molecule has 0 fully saturated rings. The maximum absolute atomic E-state index is 12.3. The quantitative estimate of drug-likeness (QED) is 0.518. The maximum atomic E-state index is 12.3. The minimum atomic E-state index is -0.108. The largest absolute Gasteiger partial charge is 0.497 e. The molecule has 2 aromatic carbocycles. The normalized spacial score (nSPS) is 11.8. The Hall–Kier alpha value is -3.21. The predicted molar refractivity (Wildman–Crippen MR) is 121 cm³/mol. The zero-order valence-corrected chi connectivity index (χ0v) is 18.5. The number of hydrogen-bond donors (Lipinski definition) is 1. The van der Waals surface area contributed by atoms with Crippen LogP contribution >= 0.6 is 0 Å². The Morgan fingerprint density at radius 2 is 1.87 bits per heavy atom. The molecule has 0 spiro atoms. The fourth-order valence-corrected chi connectivity index (χ4v) is 3.50. The van der Waals surface area contributed by atoms with E-state index in [9.17, 15) is 4.79 Å². The minimum absolute atomic E-state index is 0.108. The number of hydrogen-bond acceptors (Lipinski definition) is 4. The second kappa shape index (κ2) is 9.08. The number of carbonyl (C=O) groups is 1. The smallest absolute Gasteiger partial charge is 0.244 e. The van der Waals surface area contributed by atoms with Crippen molar-refractivity contribution in [2.24, 2.45) is 5.92 Å². The van der Waals surface area contributed by atoms with E-state index < -0.39 is 0 Å². The first-order chi connectivity index (χ1) is 14.3. The lowest BCUT2D eigenvalue weighted by Crippen LogP contribution is -2.25. The van der Waals surface area contributed by atoms with Gasteiger partial charge in [-0.2, -0.15) is 0 Å². The van der Waals surface area contributed by atoms with Gasteiger partial charge in [0.25, 0.3) is 0 Å². The summed E-state index contributed by atoms with van der Waals surface area (Å²) in [5.74, 6) is 1.80. The van der Waals surface area contributed by atoms with Crippen LogP contribution in [0.2, 0.25) is 0 Å². The Labute approximate surface area is 177 Å². The number of amides is 1. The second-order valence-corrected chi connectivity index (χ2v) is 7.80. The van der Waals surface area contributed by atoms with Gasteiger partial charge in [0.2, 0.25) is 5.91 Å². The molecular formula is C25H29NO4. The standard InChI is InChI=1S/C25H29NO4/c1-15(2)13-26-23(27)11-16(3)20-12-21-22(18-7-9-19(28-5)10-8-18)14-30-25(21)17(4)24(20)29-6/h7-12,14-15H,13H2,1-6H3,(H,26,27)/b16-11+. The molecule has 0 radical (unpaired) electrons. The van der Waals surface area contributed by atoms with Gasteiger partial charge in [0.1, 0.15) is 17.1 Å². The third-order valence-corrected chi connectivity index (χ3v) is 5.11. The fourth-order valence-electron chi connectivity index (χ4n) is 3.50. The van der Waals surface area contributed by atoms with Gasteiger partial charge in [0.05, 0.1) is 20.5 Å². The Morgan fingerprint density at radius 1 is 1.17 bits per heavy atom. The number of methoxy groups -OCH3 is 2. The van der Waals surface area contributed by atoms with Crippen LogP contribution in [0.1, 0.15) is 31.9 Å². The molecule has 1 amide bonds. The number of allylic oxidation sites excluding steroid dienone is 1. The van der Waals surface area contributed by atoms with E-state index in [-0.39, 0.29) is 5.91 Å². The molecule has 0 aliphatic rings. The van der Waals surface area contributed by atoms with Crippen molar-refractivity contribution in [1.82, 2.24) is 5.32 Å². The summed E-state index contributed by atoms with van der Waals surface area (Å²) in [6, 6.07) is 9.89. The van der Waals surface area contributed by atoms with Gasteiger partial charge in [0.15, 0.2) is 0 Å². The van der Waals surface area contributed by atoms with Crippen molar-refractivity contribution in [1.29, 1.82) is 0 Å². The van der Waals surface area contributed by atoms with Gasteiger partial charge in [-0.15, -0.1) is 0 Å². The maximum Gasteiger partial charge on any atom is 0.244 e. The van der Waals surface area contributed by atoms with Gasteiger partial charge in [-0.25, -0.2) is 0 Å². The summed E-state index contributed by atoms with van der Waals surface area (Å²) in [5.41, 5.74) is 5.40. The van der Waals surface area contributed by atoms with E-state index in [1.54, 1.807) is 26.6 Å². The van der Waals surface area contributed by atoms with Crippen molar-refractivity contribution in [2.45, 2.75) is 27.7 Å². The van der Waals surface area contributed by atoms with Crippen molar-refractivity contribution >= 4 is 22.4 Å². The van der Waals surface area contributed by atoms with E-state index in [0.29, 0.717) is 18.2 Å². The highest BCUT2D eigenvalue weighted by Gasteiger charge is 2.19. The highest BCUT2D eigenvalue weighted by atomic mass is 16.5. The number of fused-ring (bicyclic) bond motifs is 1. The van der Waals surface area contributed by atoms with E-state index in [1.165, 1.54) is 0 Å². The molecule has 3 aromatic rings. The number of rotatable bonds is 7. The Bertz CT molecular complexity index is 1070. The summed E-state index contributed by atoms with van der Waals surface area (Å²) in [6.07, 6.45) is 3.38. The van der Waals surface area contributed by atoms with Crippen molar-refractivity contribution in [2.75, 3.05) is 20.8 Å². The van der Waals surface area contributed by atoms with Crippen LogP contribution in [0.5, 0.6) is 11.5 Å². The van der Waals surface area contributed by atoms with Gasteiger partial charge in [-0.05, 0) is 49.1 Å². The van der Waals surface area contributed by atoms with E-state index in [2.05, 4.69) is 19.2 Å². The average Bonchev–Trinajstić information content (AvgIpc) is 3.16. The van der Waals surface area contributed by atoms with Crippen molar-refractivity contribution in [3.8, 4) is 22.6 Å². The van der Waals surface area contributed by atoms with Gasteiger partial charge in [-0.3, -0.25) is 4.79 Å². The summed E-state index contributed by atoms with van der Waals surface area (Å²) in [6.45, 7) is 8.66. The number of carbonyl (C=O) groups excluding carboxylic acids is 1. The molecule has 1 aromatic heterocycles. The SMILES string of the molecule is COc1ccc(-c2coc3c(C)c(OC)c(/C(C)=C/C(=O)NCC(C)C)cc23)cc1. The molecule has 0 saturated heterocycles. The molecule has 0 bridgehead atoms. The number of aryl methyl sites for hydroxylation is 1. The Balaban J connectivity index is 2.08. The van der Waals surface area contributed by atoms with E-state index in [0.717, 1.165) is 44.5 Å². The summed E-state index contributed by atoms with van der Waals surface area (Å²) in [7, 11) is 3.29. The number of ether oxygens (including phenoxy) is 2. The van der Waals surface area contributed by atoms with Crippen LogP contribution < -0.4 is 14.8 Å². The molecule has 5 heteroatoms. The number of nitrogens with one attached hydrogen (secondary N) is 1. The Kier molecular flexibility index (Phi) is 6.50. The highest BCUT2D eigenvalue weighted by molar-refractivity contribution is 6.01. The zero-order valence-electron chi connectivity index (χ0n) is 18.5. The molecule has 0 aliphatic carbocycles. The highest BCUT2D eigenvalue weighted by Crippen LogP contribution is 2.40. The topological polar surface area (TPSA) is 60.7 Å². The van der Waals surface area contributed by atoms with Gasteiger partial charge in [0, 0.05) is 34.7 Å². The van der Waals surface area contributed by atoms with E-state index >= 15 is 0 Å². The lowest BCUT2D eigenvalue weighted by Gasteiger charge is -2.13. The van der Waals surface area contributed by atoms with Crippen molar-refractivity contribution in [3.63, 3.8) is 0 Å². The Morgan fingerprint density at radius 3 is 2.47 bits per heavy atom. The predicted octanol–water partition coefficient (Wildman–Crippen LogP) is 5.60. The van der Waals surface area contributed by atoms with Crippen LogP contribution in [0.25, 0.3) is 27.7 Å². The van der Waals surface area contributed by atoms with Gasteiger partial charge in [-0.1, -0.05) is 26.0 Å². The van der Waals surface area contributed by atoms with Gasteiger partial charge >= 0.3 is 0 Å².